The average molecular weight is 343 g/mol. The molecule has 1 heteroatoms. The van der Waals surface area contributed by atoms with Crippen LogP contribution in [0.1, 0.15) is 85.1 Å². The lowest BCUT2D eigenvalue weighted by molar-refractivity contribution is 0.0516. The number of rotatable bonds is 8. The predicted octanol–water partition coefficient (Wildman–Crippen LogP) is 7.48. The molecule has 3 unspecified atom stereocenters. The summed E-state index contributed by atoms with van der Waals surface area (Å²) < 4.78 is 6.23. The molecule has 140 valence electrons. The predicted molar refractivity (Wildman–Crippen MR) is 109 cm³/mol. The Labute approximate surface area is 155 Å². The summed E-state index contributed by atoms with van der Waals surface area (Å²) in [6.07, 6.45) is 11.4. The SMILES string of the molecule is CCCC(CCC1C(C)CCCC1(C)C)OC=C(C)c1ccccc1. The second-order valence-electron chi connectivity index (χ2n) is 8.76. The fourth-order valence-corrected chi connectivity index (χ4v) is 4.65. The number of hydrogen-bond donors (Lipinski definition) is 0. The first-order valence-electron chi connectivity index (χ1n) is 10.3. The minimum absolute atomic E-state index is 0.355. The molecule has 0 aromatic heterocycles. The van der Waals surface area contributed by atoms with Crippen LogP contribution in [0.5, 0.6) is 0 Å². The molecule has 1 aliphatic carbocycles. The van der Waals surface area contributed by atoms with Crippen LogP contribution in [0.15, 0.2) is 36.6 Å². The molecule has 0 aliphatic heterocycles. The van der Waals surface area contributed by atoms with Crippen LogP contribution in [-0.4, -0.2) is 6.10 Å². The Hall–Kier alpha value is -1.24. The van der Waals surface area contributed by atoms with E-state index in [-0.39, 0.29) is 0 Å². The van der Waals surface area contributed by atoms with E-state index in [4.69, 9.17) is 4.74 Å². The first-order chi connectivity index (χ1) is 11.9. The molecule has 0 heterocycles. The number of hydrogen-bond acceptors (Lipinski definition) is 1. The first-order valence-corrected chi connectivity index (χ1v) is 10.3. The highest BCUT2D eigenvalue weighted by molar-refractivity contribution is 5.62. The van der Waals surface area contributed by atoms with Crippen molar-refractivity contribution in [1.29, 1.82) is 0 Å². The molecule has 0 amide bonds. The zero-order valence-electron chi connectivity index (χ0n) is 17.1. The van der Waals surface area contributed by atoms with Crippen LogP contribution in [0.25, 0.3) is 5.57 Å². The Morgan fingerprint density at radius 2 is 1.96 bits per heavy atom. The van der Waals surface area contributed by atoms with Crippen molar-refractivity contribution in [3.63, 3.8) is 0 Å². The number of benzene rings is 1. The van der Waals surface area contributed by atoms with Gasteiger partial charge in [0.1, 0.15) is 0 Å². The maximum Gasteiger partial charge on any atom is 0.0978 e. The Balaban J connectivity index is 1.94. The Kier molecular flexibility index (Phi) is 7.59. The van der Waals surface area contributed by atoms with E-state index in [0.29, 0.717) is 11.5 Å². The van der Waals surface area contributed by atoms with Crippen molar-refractivity contribution >= 4 is 5.57 Å². The largest absolute Gasteiger partial charge is 0.498 e. The van der Waals surface area contributed by atoms with E-state index in [1.807, 2.05) is 6.26 Å². The van der Waals surface area contributed by atoms with Crippen molar-refractivity contribution in [1.82, 2.24) is 0 Å². The van der Waals surface area contributed by atoms with Gasteiger partial charge >= 0.3 is 0 Å². The molecule has 1 aliphatic rings. The summed E-state index contributed by atoms with van der Waals surface area (Å²) in [6, 6.07) is 10.5. The van der Waals surface area contributed by atoms with Crippen molar-refractivity contribution in [2.45, 2.75) is 85.7 Å². The molecular weight excluding hydrogens is 304 g/mol. The second kappa shape index (κ2) is 9.46. The Bertz CT molecular complexity index is 528. The van der Waals surface area contributed by atoms with E-state index >= 15 is 0 Å². The zero-order chi connectivity index (χ0) is 18.3. The fraction of sp³-hybridized carbons (Fsp3) is 0.667. The molecule has 0 bridgehead atoms. The van der Waals surface area contributed by atoms with Gasteiger partial charge in [-0.2, -0.15) is 0 Å². The van der Waals surface area contributed by atoms with E-state index in [1.165, 1.54) is 49.7 Å². The van der Waals surface area contributed by atoms with E-state index in [1.54, 1.807) is 0 Å². The van der Waals surface area contributed by atoms with Gasteiger partial charge in [0.05, 0.1) is 12.4 Å². The third kappa shape index (κ3) is 5.90. The Morgan fingerprint density at radius 3 is 2.60 bits per heavy atom. The summed E-state index contributed by atoms with van der Waals surface area (Å²) in [5.74, 6) is 1.69. The van der Waals surface area contributed by atoms with Gasteiger partial charge in [0.2, 0.25) is 0 Å². The molecule has 1 aromatic carbocycles. The summed E-state index contributed by atoms with van der Waals surface area (Å²) in [5.41, 5.74) is 2.96. The lowest BCUT2D eigenvalue weighted by Gasteiger charge is -2.43. The molecule has 2 rings (SSSR count). The minimum Gasteiger partial charge on any atom is -0.498 e. The maximum absolute atomic E-state index is 6.23. The topological polar surface area (TPSA) is 9.23 Å². The molecule has 1 fully saturated rings. The molecule has 0 saturated heterocycles. The third-order valence-corrected chi connectivity index (χ3v) is 6.25. The van der Waals surface area contributed by atoms with E-state index in [2.05, 4.69) is 65.0 Å². The molecule has 0 radical (unpaired) electrons. The molecule has 0 N–H and O–H groups in total. The van der Waals surface area contributed by atoms with Crippen LogP contribution in [0.4, 0.5) is 0 Å². The highest BCUT2D eigenvalue weighted by Crippen LogP contribution is 2.46. The first kappa shape index (κ1) is 20.1. The van der Waals surface area contributed by atoms with Gasteiger partial charge in [-0.15, -0.1) is 0 Å². The van der Waals surface area contributed by atoms with Crippen molar-refractivity contribution in [3.05, 3.63) is 42.2 Å². The summed E-state index contributed by atoms with van der Waals surface area (Å²) in [6.45, 7) is 11.8. The number of ether oxygens (including phenoxy) is 1. The molecule has 0 spiro atoms. The monoisotopic (exact) mass is 342 g/mol. The summed E-state index contributed by atoms with van der Waals surface area (Å²) in [7, 11) is 0. The van der Waals surface area contributed by atoms with Gasteiger partial charge in [-0.3, -0.25) is 0 Å². The fourth-order valence-electron chi connectivity index (χ4n) is 4.65. The quantitative estimate of drug-likeness (QED) is 0.445. The van der Waals surface area contributed by atoms with E-state index in [9.17, 15) is 0 Å². The van der Waals surface area contributed by atoms with Gasteiger partial charge < -0.3 is 4.74 Å². The third-order valence-electron chi connectivity index (χ3n) is 6.25. The highest BCUT2D eigenvalue weighted by atomic mass is 16.5. The normalized spacial score (nSPS) is 24.8. The summed E-state index contributed by atoms with van der Waals surface area (Å²) >= 11 is 0. The van der Waals surface area contributed by atoms with Gasteiger partial charge in [-0.25, -0.2) is 0 Å². The number of allylic oxidation sites excluding steroid dienone is 1. The average Bonchev–Trinajstić information content (AvgIpc) is 2.59. The molecule has 3 atom stereocenters. The summed E-state index contributed by atoms with van der Waals surface area (Å²) in [4.78, 5) is 0. The Morgan fingerprint density at radius 1 is 1.24 bits per heavy atom. The molecule has 1 saturated carbocycles. The molecular formula is C24H38O. The minimum atomic E-state index is 0.355. The van der Waals surface area contributed by atoms with E-state index < -0.39 is 0 Å². The van der Waals surface area contributed by atoms with Gasteiger partial charge in [0, 0.05) is 0 Å². The smallest absolute Gasteiger partial charge is 0.0978 e. The summed E-state index contributed by atoms with van der Waals surface area (Å²) in [5, 5.41) is 0. The van der Waals surface area contributed by atoms with Gasteiger partial charge in [0.25, 0.3) is 0 Å². The lowest BCUT2D eigenvalue weighted by Crippen LogP contribution is -2.34. The van der Waals surface area contributed by atoms with Crippen LogP contribution in [-0.2, 0) is 4.74 Å². The van der Waals surface area contributed by atoms with Crippen molar-refractivity contribution in [3.8, 4) is 0 Å². The highest BCUT2D eigenvalue weighted by Gasteiger charge is 2.36. The van der Waals surface area contributed by atoms with Crippen LogP contribution in [0, 0.1) is 17.3 Å². The lowest BCUT2D eigenvalue weighted by atomic mass is 9.62. The zero-order valence-corrected chi connectivity index (χ0v) is 17.1. The van der Waals surface area contributed by atoms with Crippen LogP contribution in [0.3, 0.4) is 0 Å². The van der Waals surface area contributed by atoms with Crippen molar-refractivity contribution in [2.24, 2.45) is 17.3 Å². The van der Waals surface area contributed by atoms with Gasteiger partial charge in [-0.05, 0) is 61.0 Å². The van der Waals surface area contributed by atoms with Gasteiger partial charge in [0.15, 0.2) is 0 Å². The van der Waals surface area contributed by atoms with Crippen LogP contribution < -0.4 is 0 Å². The van der Waals surface area contributed by atoms with E-state index in [0.717, 1.165) is 18.3 Å². The van der Waals surface area contributed by atoms with Crippen LogP contribution >= 0.6 is 0 Å². The van der Waals surface area contributed by atoms with Crippen molar-refractivity contribution < 1.29 is 4.74 Å². The molecule has 1 aromatic rings. The maximum atomic E-state index is 6.23. The molecule has 25 heavy (non-hydrogen) atoms. The standard InChI is InChI=1S/C24H38O/c1-6-11-22(25-18-20(3)21-13-8-7-9-14-21)15-16-23-19(2)12-10-17-24(23,4)5/h7-9,13-14,18-19,22-23H,6,10-12,15-17H2,1-5H3. The van der Waals surface area contributed by atoms with Gasteiger partial charge in [-0.1, -0.05) is 77.3 Å². The van der Waals surface area contributed by atoms with Crippen molar-refractivity contribution in [2.75, 3.05) is 0 Å². The second-order valence-corrected chi connectivity index (χ2v) is 8.76. The molecule has 1 nitrogen and oxygen atoms in total. The van der Waals surface area contributed by atoms with Crippen LogP contribution in [0.2, 0.25) is 0 Å².